The van der Waals surface area contributed by atoms with E-state index in [1.165, 1.54) is 32.8 Å². The third-order valence-corrected chi connectivity index (χ3v) is 4.03. The lowest BCUT2D eigenvalue weighted by molar-refractivity contribution is 0.0602. The average molecular weight is 260 g/mol. The number of benzene rings is 1. The van der Waals surface area contributed by atoms with Gasteiger partial charge in [-0.3, -0.25) is 0 Å². The van der Waals surface area contributed by atoms with Crippen LogP contribution < -0.4 is 11.1 Å². The van der Waals surface area contributed by atoms with Crippen LogP contribution in [0.3, 0.4) is 0 Å². The number of methoxy groups -OCH3 is 1. The lowest BCUT2D eigenvalue weighted by atomic mass is 10.1. The standard InChI is InChI=1S/C15H20N2O2/c1-19-15(18)12-8-11(16)6-7-13(12)17-14(9-2-3-9)10-4-5-10/h6-10,14,17H,2-5,16H2,1H3. The van der Waals surface area contributed by atoms with Gasteiger partial charge in [-0.2, -0.15) is 0 Å². The normalized spacial score (nSPS) is 18.4. The third kappa shape index (κ3) is 2.67. The first-order valence-corrected chi connectivity index (χ1v) is 6.93. The van der Waals surface area contributed by atoms with Crippen LogP contribution in [0.15, 0.2) is 18.2 Å². The van der Waals surface area contributed by atoms with Gasteiger partial charge in [0.1, 0.15) is 0 Å². The largest absolute Gasteiger partial charge is 0.465 e. The summed E-state index contributed by atoms with van der Waals surface area (Å²) in [6.07, 6.45) is 5.21. The molecule has 0 heterocycles. The van der Waals surface area contributed by atoms with Crippen molar-refractivity contribution in [1.29, 1.82) is 0 Å². The van der Waals surface area contributed by atoms with Gasteiger partial charge in [-0.1, -0.05) is 0 Å². The van der Waals surface area contributed by atoms with Crippen molar-refractivity contribution in [3.05, 3.63) is 23.8 Å². The molecule has 0 aromatic heterocycles. The molecule has 0 unspecified atom stereocenters. The lowest BCUT2D eigenvalue weighted by Gasteiger charge is -2.21. The summed E-state index contributed by atoms with van der Waals surface area (Å²) in [5.74, 6) is 1.21. The number of carbonyl (C=O) groups excluding carboxylic acids is 1. The van der Waals surface area contributed by atoms with Crippen molar-refractivity contribution in [2.24, 2.45) is 11.8 Å². The molecule has 102 valence electrons. The van der Waals surface area contributed by atoms with Gasteiger partial charge in [0.25, 0.3) is 0 Å². The maximum absolute atomic E-state index is 11.8. The summed E-state index contributed by atoms with van der Waals surface area (Å²) in [6, 6.07) is 5.91. The minimum Gasteiger partial charge on any atom is -0.465 e. The summed E-state index contributed by atoms with van der Waals surface area (Å²) in [5, 5.41) is 3.56. The summed E-state index contributed by atoms with van der Waals surface area (Å²) in [7, 11) is 1.40. The molecule has 2 fully saturated rings. The molecule has 0 spiro atoms. The predicted molar refractivity (Wildman–Crippen MR) is 75.1 cm³/mol. The molecular weight excluding hydrogens is 240 g/mol. The van der Waals surface area contributed by atoms with Crippen molar-refractivity contribution in [3.8, 4) is 0 Å². The number of nitrogens with one attached hydrogen (secondary N) is 1. The van der Waals surface area contributed by atoms with E-state index in [-0.39, 0.29) is 5.97 Å². The second-order valence-corrected chi connectivity index (χ2v) is 5.64. The zero-order chi connectivity index (χ0) is 13.4. The van der Waals surface area contributed by atoms with E-state index in [0.29, 0.717) is 17.3 Å². The molecule has 3 rings (SSSR count). The third-order valence-electron chi connectivity index (χ3n) is 4.03. The minimum atomic E-state index is -0.333. The van der Waals surface area contributed by atoms with E-state index >= 15 is 0 Å². The molecule has 4 nitrogen and oxygen atoms in total. The lowest BCUT2D eigenvalue weighted by Crippen LogP contribution is -2.25. The molecule has 19 heavy (non-hydrogen) atoms. The number of hydrogen-bond acceptors (Lipinski definition) is 4. The molecule has 0 atom stereocenters. The first kappa shape index (κ1) is 12.3. The fraction of sp³-hybridized carbons (Fsp3) is 0.533. The Bertz CT molecular complexity index is 481. The summed E-state index contributed by atoms with van der Waals surface area (Å²) in [6.45, 7) is 0. The van der Waals surface area contributed by atoms with E-state index in [1.54, 1.807) is 6.07 Å². The molecule has 3 N–H and O–H groups in total. The SMILES string of the molecule is COC(=O)c1cc(N)ccc1NC(C1CC1)C1CC1. The molecule has 2 aliphatic carbocycles. The van der Waals surface area contributed by atoms with Crippen molar-refractivity contribution in [3.63, 3.8) is 0 Å². The van der Waals surface area contributed by atoms with Crippen molar-refractivity contribution in [2.75, 3.05) is 18.2 Å². The van der Waals surface area contributed by atoms with Crippen molar-refractivity contribution in [1.82, 2.24) is 0 Å². The number of nitrogen functional groups attached to an aromatic ring is 1. The molecule has 1 aromatic rings. The molecule has 0 saturated heterocycles. The fourth-order valence-electron chi connectivity index (χ4n) is 2.68. The van der Waals surface area contributed by atoms with Crippen LogP contribution in [0.5, 0.6) is 0 Å². The molecule has 1 aromatic carbocycles. The van der Waals surface area contributed by atoms with Crippen LogP contribution in [-0.4, -0.2) is 19.1 Å². The maximum Gasteiger partial charge on any atom is 0.340 e. The summed E-state index contributed by atoms with van der Waals surface area (Å²) >= 11 is 0. The number of hydrogen-bond donors (Lipinski definition) is 2. The molecule has 0 radical (unpaired) electrons. The second-order valence-electron chi connectivity index (χ2n) is 5.64. The van der Waals surface area contributed by atoms with Gasteiger partial charge in [-0.15, -0.1) is 0 Å². The molecule has 0 bridgehead atoms. The zero-order valence-electron chi connectivity index (χ0n) is 11.2. The Kier molecular flexibility index (Phi) is 3.09. The van der Waals surface area contributed by atoms with Gasteiger partial charge in [0.05, 0.1) is 12.7 Å². The monoisotopic (exact) mass is 260 g/mol. The molecule has 2 aliphatic rings. The molecule has 4 heteroatoms. The molecule has 0 aliphatic heterocycles. The highest BCUT2D eigenvalue weighted by atomic mass is 16.5. The van der Waals surface area contributed by atoms with E-state index in [1.807, 2.05) is 12.1 Å². The van der Waals surface area contributed by atoms with Crippen LogP contribution >= 0.6 is 0 Å². The Morgan fingerprint density at radius 1 is 1.32 bits per heavy atom. The minimum absolute atomic E-state index is 0.333. The second kappa shape index (κ2) is 4.76. The number of ether oxygens (including phenoxy) is 1. The highest BCUT2D eigenvalue weighted by Gasteiger charge is 2.41. The topological polar surface area (TPSA) is 64.3 Å². The Morgan fingerprint density at radius 3 is 2.47 bits per heavy atom. The Hall–Kier alpha value is -1.71. The maximum atomic E-state index is 11.8. The van der Waals surface area contributed by atoms with Gasteiger partial charge in [0.2, 0.25) is 0 Å². The smallest absolute Gasteiger partial charge is 0.340 e. The highest BCUT2D eigenvalue weighted by Crippen LogP contribution is 2.46. The Morgan fingerprint density at radius 2 is 1.95 bits per heavy atom. The van der Waals surface area contributed by atoms with Crippen molar-refractivity contribution in [2.45, 2.75) is 31.7 Å². The first-order chi connectivity index (χ1) is 9.19. The predicted octanol–water partition coefficient (Wildman–Crippen LogP) is 2.66. The van der Waals surface area contributed by atoms with E-state index in [2.05, 4.69) is 5.32 Å². The van der Waals surface area contributed by atoms with Crippen LogP contribution in [0.1, 0.15) is 36.0 Å². The van der Waals surface area contributed by atoms with E-state index < -0.39 is 0 Å². The van der Waals surface area contributed by atoms with Gasteiger partial charge >= 0.3 is 5.97 Å². The number of carbonyl (C=O) groups is 1. The summed E-state index contributed by atoms with van der Waals surface area (Å²) in [5.41, 5.74) is 7.73. The van der Waals surface area contributed by atoms with Crippen LogP contribution in [0, 0.1) is 11.8 Å². The molecule has 0 amide bonds. The van der Waals surface area contributed by atoms with Crippen LogP contribution in [0.2, 0.25) is 0 Å². The van der Waals surface area contributed by atoms with Gasteiger partial charge in [-0.05, 0) is 55.7 Å². The van der Waals surface area contributed by atoms with Gasteiger partial charge in [0.15, 0.2) is 0 Å². The number of esters is 1. The van der Waals surface area contributed by atoms with Crippen molar-refractivity contribution >= 4 is 17.3 Å². The number of rotatable bonds is 5. The van der Waals surface area contributed by atoms with E-state index in [9.17, 15) is 4.79 Å². The summed E-state index contributed by atoms with van der Waals surface area (Å²) < 4.78 is 4.83. The molecule has 2 saturated carbocycles. The number of nitrogens with two attached hydrogens (primary N) is 1. The van der Waals surface area contributed by atoms with Crippen LogP contribution in [0.25, 0.3) is 0 Å². The van der Waals surface area contributed by atoms with Gasteiger partial charge in [0, 0.05) is 17.4 Å². The zero-order valence-corrected chi connectivity index (χ0v) is 11.2. The highest BCUT2D eigenvalue weighted by molar-refractivity contribution is 5.96. The van der Waals surface area contributed by atoms with E-state index in [4.69, 9.17) is 10.5 Å². The van der Waals surface area contributed by atoms with Crippen LogP contribution in [0.4, 0.5) is 11.4 Å². The molecular formula is C15H20N2O2. The Balaban J connectivity index is 1.84. The summed E-state index contributed by atoms with van der Waals surface area (Å²) in [4.78, 5) is 11.8. The Labute approximate surface area is 113 Å². The van der Waals surface area contributed by atoms with Gasteiger partial charge in [-0.25, -0.2) is 4.79 Å². The first-order valence-electron chi connectivity index (χ1n) is 6.93. The quantitative estimate of drug-likeness (QED) is 0.631. The van der Waals surface area contributed by atoms with Crippen molar-refractivity contribution < 1.29 is 9.53 Å². The van der Waals surface area contributed by atoms with E-state index in [0.717, 1.165) is 17.5 Å². The average Bonchev–Trinajstić information content (AvgIpc) is 3.28. The fourth-order valence-corrected chi connectivity index (χ4v) is 2.68. The van der Waals surface area contributed by atoms with Crippen LogP contribution in [-0.2, 0) is 4.74 Å². The van der Waals surface area contributed by atoms with Gasteiger partial charge < -0.3 is 15.8 Å². The number of anilines is 2.